The van der Waals surface area contributed by atoms with Crippen molar-refractivity contribution in [1.82, 2.24) is 19.9 Å². The van der Waals surface area contributed by atoms with Gasteiger partial charge in [-0.2, -0.15) is 0 Å². The van der Waals surface area contributed by atoms with Crippen LogP contribution in [0.4, 0.5) is 0 Å². The largest absolute Gasteiger partial charge is 0.293 e. The van der Waals surface area contributed by atoms with Gasteiger partial charge in [-0.1, -0.05) is 11.6 Å². The summed E-state index contributed by atoms with van der Waals surface area (Å²) in [7, 11) is 2.03. The quantitative estimate of drug-likeness (QED) is 0.686. The summed E-state index contributed by atoms with van der Waals surface area (Å²) in [5.41, 5.74) is 1.08. The summed E-state index contributed by atoms with van der Waals surface area (Å²) in [6.45, 7) is 3.46. The molecule has 20 heavy (non-hydrogen) atoms. The topological polar surface area (TPSA) is 41.9 Å². The molecule has 3 rings (SSSR count). The first kappa shape index (κ1) is 13.9. The number of thiophene rings is 1. The molecule has 0 aromatic carbocycles. The number of hydrogen-bond acceptors (Lipinski definition) is 6. The molecule has 0 bridgehead atoms. The predicted molar refractivity (Wildman–Crippen MR) is 84.4 cm³/mol. The van der Waals surface area contributed by atoms with Gasteiger partial charge in [0.2, 0.25) is 0 Å². The maximum atomic E-state index is 6.18. The van der Waals surface area contributed by atoms with Gasteiger partial charge in [0.25, 0.3) is 0 Å². The first-order chi connectivity index (χ1) is 9.61. The third kappa shape index (κ3) is 2.98. The molecule has 4 nitrogen and oxygen atoms in total. The van der Waals surface area contributed by atoms with E-state index in [1.165, 1.54) is 0 Å². The highest BCUT2D eigenvalue weighted by Gasteiger charge is 2.10. The molecule has 0 amide bonds. The van der Waals surface area contributed by atoms with Crippen LogP contribution in [-0.2, 0) is 13.1 Å². The fraction of sp³-hybridized carbons (Fsp3) is 0.308. The Labute approximate surface area is 130 Å². The van der Waals surface area contributed by atoms with Gasteiger partial charge >= 0.3 is 0 Å². The highest BCUT2D eigenvalue weighted by atomic mass is 35.5. The van der Waals surface area contributed by atoms with Crippen LogP contribution in [0.3, 0.4) is 0 Å². The van der Waals surface area contributed by atoms with Crippen LogP contribution in [0.15, 0.2) is 16.8 Å². The van der Waals surface area contributed by atoms with Crippen LogP contribution < -0.4 is 0 Å². The van der Waals surface area contributed by atoms with Crippen LogP contribution >= 0.6 is 34.3 Å². The highest BCUT2D eigenvalue weighted by molar-refractivity contribution is 7.16. The Morgan fingerprint density at radius 2 is 2.05 bits per heavy atom. The van der Waals surface area contributed by atoms with Gasteiger partial charge in [0, 0.05) is 17.3 Å². The second-order valence-electron chi connectivity index (χ2n) is 4.60. The molecular weight excluding hydrogens is 312 g/mol. The van der Waals surface area contributed by atoms with Crippen molar-refractivity contribution in [3.8, 4) is 0 Å². The monoisotopic (exact) mass is 324 g/mol. The SMILES string of the molecule is Cc1nc(CN(C)Cc2nc(Cl)c3ccsc3n2)cs1. The molecule has 0 atom stereocenters. The molecule has 0 aliphatic carbocycles. The van der Waals surface area contributed by atoms with Crippen molar-refractivity contribution in [1.29, 1.82) is 0 Å². The van der Waals surface area contributed by atoms with E-state index in [0.29, 0.717) is 11.7 Å². The predicted octanol–water partition coefficient (Wildman–Crippen LogP) is 3.74. The van der Waals surface area contributed by atoms with E-state index in [4.69, 9.17) is 11.6 Å². The van der Waals surface area contributed by atoms with Crippen molar-refractivity contribution in [2.75, 3.05) is 7.05 Å². The molecule has 0 unspecified atom stereocenters. The van der Waals surface area contributed by atoms with Crippen molar-refractivity contribution in [2.45, 2.75) is 20.0 Å². The number of halogens is 1. The number of nitrogens with zero attached hydrogens (tertiary/aromatic N) is 4. The maximum absolute atomic E-state index is 6.18. The number of fused-ring (bicyclic) bond motifs is 1. The molecule has 7 heteroatoms. The molecule has 3 heterocycles. The zero-order valence-corrected chi connectivity index (χ0v) is 13.5. The van der Waals surface area contributed by atoms with E-state index >= 15 is 0 Å². The van der Waals surface area contributed by atoms with Crippen LogP contribution in [-0.4, -0.2) is 26.9 Å². The fourth-order valence-electron chi connectivity index (χ4n) is 1.99. The molecule has 0 N–H and O–H groups in total. The zero-order chi connectivity index (χ0) is 14.1. The zero-order valence-electron chi connectivity index (χ0n) is 11.1. The van der Waals surface area contributed by atoms with Gasteiger partial charge in [0.1, 0.15) is 15.8 Å². The molecule has 0 saturated carbocycles. The number of aryl methyl sites for hydroxylation is 1. The minimum absolute atomic E-state index is 0.532. The minimum Gasteiger partial charge on any atom is -0.293 e. The van der Waals surface area contributed by atoms with Gasteiger partial charge < -0.3 is 0 Å². The molecule has 0 fully saturated rings. The molecule has 0 aliphatic rings. The maximum Gasteiger partial charge on any atom is 0.145 e. The Kier molecular flexibility index (Phi) is 3.98. The molecule has 0 aliphatic heterocycles. The van der Waals surface area contributed by atoms with Gasteiger partial charge in [0.15, 0.2) is 0 Å². The summed E-state index contributed by atoms with van der Waals surface area (Å²) < 4.78 is 0. The van der Waals surface area contributed by atoms with Gasteiger partial charge in [0.05, 0.1) is 17.2 Å². The molecule has 0 radical (unpaired) electrons. The van der Waals surface area contributed by atoms with Crippen LogP contribution in [0.25, 0.3) is 10.2 Å². The Morgan fingerprint density at radius 1 is 1.20 bits per heavy atom. The average molecular weight is 325 g/mol. The van der Waals surface area contributed by atoms with Gasteiger partial charge in [-0.3, -0.25) is 4.90 Å². The van der Waals surface area contributed by atoms with Crippen LogP contribution in [0, 0.1) is 6.92 Å². The van der Waals surface area contributed by atoms with E-state index in [-0.39, 0.29) is 0 Å². The van der Waals surface area contributed by atoms with Crippen LogP contribution in [0.5, 0.6) is 0 Å². The Balaban J connectivity index is 1.75. The lowest BCUT2D eigenvalue weighted by Crippen LogP contribution is -2.19. The van der Waals surface area contributed by atoms with Crippen molar-refractivity contribution >= 4 is 44.5 Å². The van der Waals surface area contributed by atoms with Crippen molar-refractivity contribution in [2.24, 2.45) is 0 Å². The summed E-state index contributed by atoms with van der Waals surface area (Å²) in [6.07, 6.45) is 0. The third-order valence-corrected chi connectivity index (χ3v) is 4.75. The lowest BCUT2D eigenvalue weighted by Gasteiger charge is -2.14. The molecule has 104 valence electrons. The normalized spacial score (nSPS) is 11.6. The fourth-order valence-corrected chi connectivity index (χ4v) is 3.68. The first-order valence-corrected chi connectivity index (χ1v) is 8.25. The van der Waals surface area contributed by atoms with E-state index < -0.39 is 0 Å². The van der Waals surface area contributed by atoms with Crippen LogP contribution in [0.1, 0.15) is 16.5 Å². The highest BCUT2D eigenvalue weighted by Crippen LogP contribution is 2.25. The second-order valence-corrected chi connectivity index (χ2v) is 6.92. The lowest BCUT2D eigenvalue weighted by atomic mass is 10.4. The Morgan fingerprint density at radius 3 is 2.80 bits per heavy atom. The molecule has 0 spiro atoms. The lowest BCUT2D eigenvalue weighted by molar-refractivity contribution is 0.308. The number of aromatic nitrogens is 3. The second kappa shape index (κ2) is 5.73. The number of rotatable bonds is 4. The molecule has 3 aromatic heterocycles. The standard InChI is InChI=1S/C13H13ClN4S2/c1-8-15-9(7-20-8)5-18(2)6-11-16-12(14)10-3-4-19-13(10)17-11/h3-4,7H,5-6H2,1-2H3. The summed E-state index contributed by atoms with van der Waals surface area (Å²) in [5.74, 6) is 0.749. The Hall–Kier alpha value is -1.08. The van der Waals surface area contributed by atoms with Gasteiger partial charge in [-0.05, 0) is 25.4 Å². The Bertz CT molecular complexity index is 737. The van der Waals surface area contributed by atoms with E-state index in [2.05, 4.69) is 25.2 Å². The van der Waals surface area contributed by atoms with E-state index in [1.54, 1.807) is 22.7 Å². The van der Waals surface area contributed by atoms with Crippen molar-refractivity contribution in [3.63, 3.8) is 0 Å². The summed E-state index contributed by atoms with van der Waals surface area (Å²) in [5, 5.41) is 6.62. The molecule has 3 aromatic rings. The van der Waals surface area contributed by atoms with E-state index in [9.17, 15) is 0 Å². The van der Waals surface area contributed by atoms with E-state index in [1.807, 2.05) is 25.4 Å². The number of hydrogen-bond donors (Lipinski definition) is 0. The first-order valence-electron chi connectivity index (χ1n) is 6.11. The van der Waals surface area contributed by atoms with Crippen molar-refractivity contribution < 1.29 is 0 Å². The average Bonchev–Trinajstić information content (AvgIpc) is 2.98. The smallest absolute Gasteiger partial charge is 0.145 e. The minimum atomic E-state index is 0.532. The third-order valence-electron chi connectivity index (χ3n) is 2.83. The molecule has 0 saturated heterocycles. The molecular formula is C13H13ClN4S2. The summed E-state index contributed by atoms with van der Waals surface area (Å²) in [4.78, 5) is 16.5. The van der Waals surface area contributed by atoms with E-state index in [0.717, 1.165) is 33.3 Å². The van der Waals surface area contributed by atoms with Gasteiger partial charge in [-0.15, -0.1) is 22.7 Å². The van der Waals surface area contributed by atoms with Gasteiger partial charge in [-0.25, -0.2) is 15.0 Å². The van der Waals surface area contributed by atoms with Crippen LogP contribution in [0.2, 0.25) is 5.15 Å². The summed E-state index contributed by atoms with van der Waals surface area (Å²) in [6, 6.07) is 1.95. The summed E-state index contributed by atoms with van der Waals surface area (Å²) >= 11 is 9.43. The van der Waals surface area contributed by atoms with Crippen molar-refractivity contribution in [3.05, 3.63) is 38.5 Å². The number of thiazole rings is 1.